The molecule has 0 saturated carbocycles. The lowest BCUT2D eigenvalue weighted by Crippen LogP contribution is -2.29. The molecule has 1 fully saturated rings. The highest BCUT2D eigenvalue weighted by Crippen LogP contribution is 2.37. The quantitative estimate of drug-likeness (QED) is 0.610. The zero-order valence-electron chi connectivity index (χ0n) is 19.1. The molecule has 34 heavy (non-hydrogen) atoms. The maximum Gasteiger partial charge on any atom is 0.418 e. The maximum atomic E-state index is 14.0. The number of nitrogens with zero attached hydrogens (tertiary/aromatic N) is 3. The summed E-state index contributed by atoms with van der Waals surface area (Å²) in [5.74, 6) is 0. The Morgan fingerprint density at radius 3 is 2.38 bits per heavy atom. The first-order valence-corrected chi connectivity index (χ1v) is 11.5. The van der Waals surface area contributed by atoms with Crippen LogP contribution in [0.15, 0.2) is 41.2 Å². The summed E-state index contributed by atoms with van der Waals surface area (Å²) >= 11 is 0. The predicted octanol–water partition coefficient (Wildman–Crippen LogP) is 4.59. The molecule has 8 heteroatoms. The van der Waals surface area contributed by atoms with Gasteiger partial charge in [-0.05, 0) is 75.4 Å². The molecule has 0 spiro atoms. The SMILES string of the molecule is Cc1cc(C)cc(-c2nn(-c3cc(N4CCC(O)C4)ccc3C(F)(F)F)c(=O)c3c2CCC3)c1. The lowest BCUT2D eigenvalue weighted by molar-refractivity contribution is -0.137. The number of aryl methyl sites for hydroxylation is 2. The van der Waals surface area contributed by atoms with Gasteiger partial charge in [-0.3, -0.25) is 4.79 Å². The van der Waals surface area contributed by atoms with Gasteiger partial charge in [0.1, 0.15) is 0 Å². The third-order valence-electron chi connectivity index (χ3n) is 6.69. The van der Waals surface area contributed by atoms with E-state index in [2.05, 4.69) is 5.10 Å². The fraction of sp³-hybridized carbons (Fsp3) is 0.385. The zero-order valence-corrected chi connectivity index (χ0v) is 19.1. The Balaban J connectivity index is 1.76. The number of anilines is 1. The van der Waals surface area contributed by atoms with Crippen LogP contribution in [-0.4, -0.2) is 34.1 Å². The molecule has 2 heterocycles. The van der Waals surface area contributed by atoms with Crippen molar-refractivity contribution >= 4 is 5.69 Å². The number of aromatic nitrogens is 2. The number of hydrogen-bond donors (Lipinski definition) is 1. The van der Waals surface area contributed by atoms with E-state index in [0.717, 1.165) is 39.4 Å². The van der Waals surface area contributed by atoms with Crippen molar-refractivity contribution in [2.45, 2.75) is 51.8 Å². The van der Waals surface area contributed by atoms with Gasteiger partial charge >= 0.3 is 6.18 Å². The molecule has 0 bridgehead atoms. The third-order valence-corrected chi connectivity index (χ3v) is 6.69. The Kier molecular flexibility index (Phi) is 5.51. The second-order valence-corrected chi connectivity index (χ2v) is 9.34. The van der Waals surface area contributed by atoms with Gasteiger partial charge in [-0.15, -0.1) is 0 Å². The predicted molar refractivity (Wildman–Crippen MR) is 125 cm³/mol. The molecule has 3 aromatic rings. The highest BCUT2D eigenvalue weighted by Gasteiger charge is 2.36. The van der Waals surface area contributed by atoms with Crippen LogP contribution < -0.4 is 10.5 Å². The van der Waals surface area contributed by atoms with Crippen LogP contribution in [0.2, 0.25) is 0 Å². The normalized spacial score (nSPS) is 17.9. The fourth-order valence-electron chi connectivity index (χ4n) is 5.19. The van der Waals surface area contributed by atoms with E-state index in [4.69, 9.17) is 0 Å². The molecule has 0 amide bonds. The van der Waals surface area contributed by atoms with Gasteiger partial charge in [0, 0.05) is 29.9 Å². The zero-order chi connectivity index (χ0) is 24.2. The van der Waals surface area contributed by atoms with Gasteiger partial charge in [0.15, 0.2) is 0 Å². The van der Waals surface area contributed by atoms with Crippen molar-refractivity contribution in [3.63, 3.8) is 0 Å². The van der Waals surface area contributed by atoms with Crippen LogP contribution in [0.3, 0.4) is 0 Å². The lowest BCUT2D eigenvalue weighted by atomic mass is 10.00. The summed E-state index contributed by atoms with van der Waals surface area (Å²) in [5.41, 5.74) is 3.63. The minimum Gasteiger partial charge on any atom is -0.391 e. The van der Waals surface area contributed by atoms with E-state index in [1.807, 2.05) is 36.9 Å². The topological polar surface area (TPSA) is 58.4 Å². The monoisotopic (exact) mass is 469 g/mol. The van der Waals surface area contributed by atoms with E-state index in [1.165, 1.54) is 12.1 Å². The second-order valence-electron chi connectivity index (χ2n) is 9.34. The summed E-state index contributed by atoms with van der Waals surface area (Å²) in [6.07, 6.45) is -2.66. The molecule has 1 aromatic heterocycles. The molecule has 1 N–H and O–H groups in total. The highest BCUT2D eigenvalue weighted by atomic mass is 19.4. The third kappa shape index (κ3) is 4.00. The number of alkyl halides is 3. The number of rotatable bonds is 3. The average molecular weight is 470 g/mol. The van der Waals surface area contributed by atoms with Crippen molar-refractivity contribution in [2.75, 3.05) is 18.0 Å². The molecular formula is C26H26F3N3O2. The van der Waals surface area contributed by atoms with Gasteiger partial charge in [0.25, 0.3) is 5.56 Å². The van der Waals surface area contributed by atoms with Crippen LogP contribution in [0.1, 0.15) is 40.7 Å². The number of benzene rings is 2. The molecule has 178 valence electrons. The lowest BCUT2D eigenvalue weighted by Gasteiger charge is -2.22. The van der Waals surface area contributed by atoms with Crippen LogP contribution in [-0.2, 0) is 19.0 Å². The summed E-state index contributed by atoms with van der Waals surface area (Å²) in [4.78, 5) is 15.3. The molecule has 2 aliphatic rings. The van der Waals surface area contributed by atoms with E-state index in [0.29, 0.717) is 49.3 Å². The van der Waals surface area contributed by atoms with Gasteiger partial charge in [-0.25, -0.2) is 0 Å². The van der Waals surface area contributed by atoms with Gasteiger partial charge in [0.2, 0.25) is 0 Å². The van der Waals surface area contributed by atoms with Crippen molar-refractivity contribution in [1.29, 1.82) is 0 Å². The van der Waals surface area contributed by atoms with Crippen LogP contribution in [0, 0.1) is 13.8 Å². The molecule has 1 atom stereocenters. The van der Waals surface area contributed by atoms with E-state index >= 15 is 0 Å². The largest absolute Gasteiger partial charge is 0.418 e. The first-order valence-electron chi connectivity index (χ1n) is 11.5. The molecule has 5 rings (SSSR count). The summed E-state index contributed by atoms with van der Waals surface area (Å²) in [6.45, 7) is 4.79. The molecule has 1 aliphatic carbocycles. The van der Waals surface area contributed by atoms with Crippen LogP contribution in [0.5, 0.6) is 0 Å². The molecule has 1 saturated heterocycles. The number of aliphatic hydroxyl groups is 1. The minimum atomic E-state index is -4.65. The second kappa shape index (κ2) is 8.27. The Labute approximate surface area is 195 Å². The van der Waals surface area contributed by atoms with E-state index in [-0.39, 0.29) is 5.69 Å². The fourth-order valence-corrected chi connectivity index (χ4v) is 5.19. The summed E-state index contributed by atoms with van der Waals surface area (Å²) in [7, 11) is 0. The Hall–Kier alpha value is -3.13. The smallest absolute Gasteiger partial charge is 0.391 e. The van der Waals surface area contributed by atoms with Crippen LogP contribution in [0.4, 0.5) is 18.9 Å². The van der Waals surface area contributed by atoms with Crippen molar-refractivity contribution in [3.05, 3.63) is 74.6 Å². The van der Waals surface area contributed by atoms with Gasteiger partial charge < -0.3 is 10.0 Å². The minimum absolute atomic E-state index is 0.281. The Bertz CT molecular complexity index is 1310. The standard InChI is InChI=1S/C26H26F3N3O2/c1-15-10-16(2)12-17(11-15)24-20-4-3-5-21(20)25(34)32(30-24)23-13-18(31-9-8-19(33)14-31)6-7-22(23)26(27,28)29/h6-7,10-13,19,33H,3-5,8-9,14H2,1-2H3. The van der Waals surface area contributed by atoms with Gasteiger partial charge in [-0.2, -0.15) is 23.0 Å². The summed E-state index contributed by atoms with van der Waals surface area (Å²) in [6, 6.07) is 9.71. The number of halogens is 3. The number of hydrogen-bond acceptors (Lipinski definition) is 4. The maximum absolute atomic E-state index is 14.0. The molecular weight excluding hydrogens is 443 g/mol. The van der Waals surface area contributed by atoms with E-state index in [1.54, 1.807) is 0 Å². The molecule has 2 aromatic carbocycles. The molecule has 5 nitrogen and oxygen atoms in total. The molecule has 0 radical (unpaired) electrons. The summed E-state index contributed by atoms with van der Waals surface area (Å²) < 4.78 is 43.1. The van der Waals surface area contributed by atoms with Crippen LogP contribution >= 0.6 is 0 Å². The Morgan fingerprint density at radius 1 is 1.03 bits per heavy atom. The van der Waals surface area contributed by atoms with Crippen molar-refractivity contribution in [1.82, 2.24) is 9.78 Å². The highest BCUT2D eigenvalue weighted by molar-refractivity contribution is 5.67. The molecule has 1 aliphatic heterocycles. The average Bonchev–Trinajstić information content (AvgIpc) is 3.42. The van der Waals surface area contributed by atoms with Crippen LogP contribution in [0.25, 0.3) is 16.9 Å². The number of β-amino-alcohol motifs (C(OH)–C–C–N with tert-alkyl or cyclic N) is 1. The first kappa shape index (κ1) is 22.7. The van der Waals surface area contributed by atoms with Crippen molar-refractivity contribution < 1.29 is 18.3 Å². The van der Waals surface area contributed by atoms with Crippen molar-refractivity contribution in [3.8, 4) is 16.9 Å². The van der Waals surface area contributed by atoms with E-state index in [9.17, 15) is 23.1 Å². The molecule has 1 unspecified atom stereocenters. The first-order chi connectivity index (χ1) is 16.1. The number of fused-ring (bicyclic) bond motifs is 1. The number of aliphatic hydroxyl groups excluding tert-OH is 1. The van der Waals surface area contributed by atoms with Gasteiger partial charge in [-0.1, -0.05) is 17.2 Å². The Morgan fingerprint density at radius 2 is 1.74 bits per heavy atom. The van der Waals surface area contributed by atoms with Gasteiger partial charge in [0.05, 0.1) is 23.0 Å². The summed E-state index contributed by atoms with van der Waals surface area (Å²) in [5, 5.41) is 14.5. The van der Waals surface area contributed by atoms with E-state index < -0.39 is 23.4 Å². The van der Waals surface area contributed by atoms with Crippen molar-refractivity contribution in [2.24, 2.45) is 0 Å².